The Morgan fingerprint density at radius 1 is 1.44 bits per heavy atom. The molecule has 0 radical (unpaired) electrons. The molecule has 0 saturated carbocycles. The maximum atomic E-state index is 11.5. The van der Waals surface area contributed by atoms with Crippen molar-refractivity contribution < 1.29 is 9.53 Å². The van der Waals surface area contributed by atoms with Gasteiger partial charge in [-0.05, 0) is 19.1 Å². The summed E-state index contributed by atoms with van der Waals surface area (Å²) in [6, 6.07) is 3.90. The number of rotatable bonds is 3. The molecule has 0 spiro atoms. The summed E-state index contributed by atoms with van der Waals surface area (Å²) in [5.41, 5.74) is 0.991. The van der Waals surface area contributed by atoms with Crippen LogP contribution in [0.4, 0.5) is 0 Å². The number of hydrogen-bond acceptors (Lipinski definition) is 3. The van der Waals surface area contributed by atoms with Gasteiger partial charge in [0, 0.05) is 38.0 Å². The molecule has 0 aromatic carbocycles. The van der Waals surface area contributed by atoms with E-state index in [0.29, 0.717) is 6.42 Å². The van der Waals surface area contributed by atoms with Crippen molar-refractivity contribution in [2.75, 3.05) is 13.1 Å². The van der Waals surface area contributed by atoms with Gasteiger partial charge in [-0.25, -0.2) is 0 Å². The van der Waals surface area contributed by atoms with Crippen LogP contribution in [0, 0.1) is 6.92 Å². The molecule has 1 amide bonds. The minimum Gasteiger partial charge on any atom is -0.489 e. The smallest absolute Gasteiger partial charge is 0.222 e. The van der Waals surface area contributed by atoms with Crippen molar-refractivity contribution in [2.24, 2.45) is 0 Å². The van der Waals surface area contributed by atoms with E-state index in [4.69, 9.17) is 4.74 Å². The zero-order valence-corrected chi connectivity index (χ0v) is 11.1. The van der Waals surface area contributed by atoms with Crippen LogP contribution >= 0.6 is 0 Å². The Hall–Kier alpha value is -1.58. The molecule has 1 aromatic heterocycles. The summed E-state index contributed by atoms with van der Waals surface area (Å²) >= 11 is 0. The fraction of sp³-hybridized carbons (Fsp3) is 0.571. The number of pyridine rings is 1. The molecule has 1 fully saturated rings. The van der Waals surface area contributed by atoms with Gasteiger partial charge in [-0.2, -0.15) is 0 Å². The normalized spacial score (nSPS) is 16.7. The third-order valence-electron chi connectivity index (χ3n) is 3.28. The van der Waals surface area contributed by atoms with Crippen LogP contribution in [-0.4, -0.2) is 35.0 Å². The van der Waals surface area contributed by atoms with Crippen LogP contribution in [0.3, 0.4) is 0 Å². The van der Waals surface area contributed by atoms with E-state index in [1.807, 2.05) is 30.9 Å². The lowest BCUT2D eigenvalue weighted by atomic mass is 10.1. The van der Waals surface area contributed by atoms with Crippen LogP contribution in [-0.2, 0) is 4.79 Å². The zero-order valence-electron chi connectivity index (χ0n) is 11.1. The lowest BCUT2D eigenvalue weighted by Gasteiger charge is -2.32. The van der Waals surface area contributed by atoms with Crippen molar-refractivity contribution in [1.29, 1.82) is 0 Å². The highest BCUT2D eigenvalue weighted by atomic mass is 16.5. The van der Waals surface area contributed by atoms with E-state index in [1.54, 1.807) is 6.20 Å². The average molecular weight is 248 g/mol. The number of likely N-dealkylation sites (tertiary alicyclic amines) is 1. The summed E-state index contributed by atoms with van der Waals surface area (Å²) in [7, 11) is 0. The fourth-order valence-corrected chi connectivity index (χ4v) is 2.16. The topological polar surface area (TPSA) is 42.4 Å². The number of nitrogens with zero attached hydrogens (tertiary/aromatic N) is 2. The van der Waals surface area contributed by atoms with Gasteiger partial charge in [-0.1, -0.05) is 6.92 Å². The molecule has 4 heteroatoms. The van der Waals surface area contributed by atoms with E-state index < -0.39 is 0 Å². The fourth-order valence-electron chi connectivity index (χ4n) is 2.16. The predicted molar refractivity (Wildman–Crippen MR) is 69.5 cm³/mol. The first-order valence-corrected chi connectivity index (χ1v) is 6.56. The summed E-state index contributed by atoms with van der Waals surface area (Å²) in [6.45, 7) is 5.47. The van der Waals surface area contributed by atoms with Gasteiger partial charge in [-0.15, -0.1) is 0 Å². The van der Waals surface area contributed by atoms with Gasteiger partial charge < -0.3 is 9.64 Å². The molecule has 0 N–H and O–H groups in total. The number of carbonyl (C=O) groups excluding carboxylic acids is 1. The number of piperidine rings is 1. The van der Waals surface area contributed by atoms with Crippen LogP contribution in [0.2, 0.25) is 0 Å². The Morgan fingerprint density at radius 3 is 2.72 bits per heavy atom. The highest BCUT2D eigenvalue weighted by Gasteiger charge is 2.22. The summed E-state index contributed by atoms with van der Waals surface area (Å²) in [5, 5.41) is 0. The van der Waals surface area contributed by atoms with Crippen LogP contribution in [0.1, 0.15) is 31.9 Å². The standard InChI is InChI=1S/C14H20N2O2/c1-3-14(17)16-8-6-12(7-9-16)18-13-5-4-11(2)15-10-13/h4-5,10,12H,3,6-9H2,1-2H3. The first-order chi connectivity index (χ1) is 8.69. The summed E-state index contributed by atoms with van der Waals surface area (Å²) in [6.07, 6.45) is 4.36. The van der Waals surface area contributed by atoms with Crippen molar-refractivity contribution in [1.82, 2.24) is 9.88 Å². The third-order valence-corrected chi connectivity index (χ3v) is 3.28. The van der Waals surface area contributed by atoms with Crippen molar-refractivity contribution in [3.05, 3.63) is 24.0 Å². The van der Waals surface area contributed by atoms with Crippen LogP contribution in [0.15, 0.2) is 18.3 Å². The second kappa shape index (κ2) is 5.85. The molecule has 0 bridgehead atoms. The highest BCUT2D eigenvalue weighted by molar-refractivity contribution is 5.75. The summed E-state index contributed by atoms with van der Waals surface area (Å²) in [5.74, 6) is 1.06. The minimum atomic E-state index is 0.204. The second-order valence-electron chi connectivity index (χ2n) is 4.69. The van der Waals surface area contributed by atoms with Gasteiger partial charge in [-0.3, -0.25) is 9.78 Å². The predicted octanol–water partition coefficient (Wildman–Crippen LogP) is 2.17. The number of ether oxygens (including phenoxy) is 1. The Labute approximate surface area is 108 Å². The molecule has 2 heterocycles. The number of carbonyl (C=O) groups is 1. The zero-order chi connectivity index (χ0) is 13.0. The van der Waals surface area contributed by atoms with E-state index in [1.165, 1.54) is 0 Å². The van der Waals surface area contributed by atoms with E-state index in [0.717, 1.165) is 37.4 Å². The SMILES string of the molecule is CCC(=O)N1CCC(Oc2ccc(C)nc2)CC1. The van der Waals surface area contributed by atoms with Crippen molar-refractivity contribution in [3.8, 4) is 5.75 Å². The Bertz CT molecular complexity index is 395. The van der Waals surface area contributed by atoms with Gasteiger partial charge in [0.15, 0.2) is 0 Å². The van der Waals surface area contributed by atoms with Gasteiger partial charge in [0.05, 0.1) is 6.20 Å². The number of aryl methyl sites for hydroxylation is 1. The van der Waals surface area contributed by atoms with Crippen molar-refractivity contribution >= 4 is 5.91 Å². The van der Waals surface area contributed by atoms with Gasteiger partial charge in [0.1, 0.15) is 11.9 Å². The largest absolute Gasteiger partial charge is 0.489 e. The monoisotopic (exact) mass is 248 g/mol. The molecule has 0 aliphatic carbocycles. The highest BCUT2D eigenvalue weighted by Crippen LogP contribution is 2.18. The Morgan fingerprint density at radius 2 is 2.17 bits per heavy atom. The van der Waals surface area contributed by atoms with Crippen LogP contribution in [0.25, 0.3) is 0 Å². The van der Waals surface area contributed by atoms with Gasteiger partial charge in [0.25, 0.3) is 0 Å². The van der Waals surface area contributed by atoms with Crippen molar-refractivity contribution in [3.63, 3.8) is 0 Å². The Kier molecular flexibility index (Phi) is 4.18. The molecule has 4 nitrogen and oxygen atoms in total. The molecule has 0 atom stereocenters. The number of amides is 1. The minimum absolute atomic E-state index is 0.204. The average Bonchev–Trinajstić information content (AvgIpc) is 2.41. The maximum absolute atomic E-state index is 11.5. The second-order valence-corrected chi connectivity index (χ2v) is 4.69. The van der Waals surface area contributed by atoms with Crippen LogP contribution < -0.4 is 4.74 Å². The van der Waals surface area contributed by atoms with Crippen molar-refractivity contribution in [2.45, 2.75) is 39.2 Å². The third kappa shape index (κ3) is 3.22. The number of hydrogen-bond donors (Lipinski definition) is 0. The van der Waals surface area contributed by atoms with Crippen LogP contribution in [0.5, 0.6) is 5.75 Å². The Balaban J connectivity index is 1.83. The quantitative estimate of drug-likeness (QED) is 0.823. The summed E-state index contributed by atoms with van der Waals surface area (Å²) < 4.78 is 5.87. The van der Waals surface area contributed by atoms with Gasteiger partial charge in [0.2, 0.25) is 5.91 Å². The lowest BCUT2D eigenvalue weighted by molar-refractivity contribution is -0.132. The molecular formula is C14H20N2O2. The van der Waals surface area contributed by atoms with E-state index >= 15 is 0 Å². The first kappa shape index (κ1) is 12.9. The molecule has 18 heavy (non-hydrogen) atoms. The van der Waals surface area contributed by atoms with E-state index in [9.17, 15) is 4.79 Å². The molecule has 1 aliphatic heterocycles. The summed E-state index contributed by atoms with van der Waals surface area (Å²) in [4.78, 5) is 17.7. The molecule has 2 rings (SSSR count). The molecule has 1 aliphatic rings. The molecular weight excluding hydrogens is 228 g/mol. The molecule has 98 valence electrons. The number of aromatic nitrogens is 1. The molecule has 1 aromatic rings. The first-order valence-electron chi connectivity index (χ1n) is 6.56. The van der Waals surface area contributed by atoms with Gasteiger partial charge >= 0.3 is 0 Å². The van der Waals surface area contributed by atoms with E-state index in [2.05, 4.69) is 4.98 Å². The maximum Gasteiger partial charge on any atom is 0.222 e. The molecule has 1 saturated heterocycles. The molecule has 0 unspecified atom stereocenters. The van der Waals surface area contributed by atoms with E-state index in [-0.39, 0.29) is 12.0 Å². The lowest BCUT2D eigenvalue weighted by Crippen LogP contribution is -2.41.